The number of carbonyl (C=O) groups is 1. The fourth-order valence-electron chi connectivity index (χ4n) is 5.25. The number of nitrogens with one attached hydrogen (secondary N) is 3. The first kappa shape index (κ1) is 24.0. The van der Waals surface area contributed by atoms with Crippen molar-refractivity contribution >= 4 is 5.91 Å². The van der Waals surface area contributed by atoms with Crippen LogP contribution in [0.3, 0.4) is 0 Å². The number of nitrogens with zero attached hydrogens (tertiary/aromatic N) is 1. The Morgan fingerprint density at radius 2 is 1.94 bits per heavy atom. The lowest BCUT2D eigenvalue weighted by Crippen LogP contribution is -2.63. The molecule has 1 spiro atoms. The highest BCUT2D eigenvalue weighted by atomic mass is 16.5. The lowest BCUT2D eigenvalue weighted by molar-refractivity contribution is -0.119. The monoisotopic (exact) mass is 452 g/mol. The number of allylic oxidation sites excluding steroid dienone is 2. The molecule has 6 heteroatoms. The molecule has 3 N–H and O–H groups in total. The molecule has 0 radical (unpaired) electrons. The zero-order chi connectivity index (χ0) is 23.3. The summed E-state index contributed by atoms with van der Waals surface area (Å²) in [5.74, 6) is 0.838. The van der Waals surface area contributed by atoms with Crippen molar-refractivity contribution in [3.05, 3.63) is 53.6 Å². The van der Waals surface area contributed by atoms with Gasteiger partial charge >= 0.3 is 0 Å². The summed E-state index contributed by atoms with van der Waals surface area (Å²) in [6.07, 6.45) is 9.03. The Hall–Kier alpha value is -2.15. The molecular formula is C27H40N4O2. The Labute approximate surface area is 198 Å². The number of hydrogen-bond donors (Lipinski definition) is 3. The SMILES string of the molecule is CCCNC(=O)C1=CC=CC(Oc2ccc(CN3CCNC4(CCNCC4)C3)cc2)C1(C)C. The van der Waals surface area contributed by atoms with E-state index in [9.17, 15) is 4.79 Å². The summed E-state index contributed by atoms with van der Waals surface area (Å²) < 4.78 is 6.35. The first-order valence-electron chi connectivity index (χ1n) is 12.5. The van der Waals surface area contributed by atoms with E-state index in [1.54, 1.807) is 0 Å². The first-order valence-corrected chi connectivity index (χ1v) is 12.5. The summed E-state index contributed by atoms with van der Waals surface area (Å²) >= 11 is 0. The molecule has 0 aromatic heterocycles. The maximum atomic E-state index is 12.6. The van der Waals surface area contributed by atoms with E-state index < -0.39 is 5.41 Å². The molecular weight excluding hydrogens is 412 g/mol. The average molecular weight is 453 g/mol. The molecule has 6 nitrogen and oxygen atoms in total. The van der Waals surface area contributed by atoms with Gasteiger partial charge in [0.15, 0.2) is 0 Å². The van der Waals surface area contributed by atoms with Crippen LogP contribution in [0.2, 0.25) is 0 Å². The molecule has 1 aliphatic carbocycles. The molecule has 1 unspecified atom stereocenters. The largest absolute Gasteiger partial charge is 0.485 e. The van der Waals surface area contributed by atoms with Crippen LogP contribution in [-0.4, -0.2) is 61.7 Å². The molecule has 33 heavy (non-hydrogen) atoms. The van der Waals surface area contributed by atoms with E-state index in [0.717, 1.165) is 57.0 Å². The van der Waals surface area contributed by atoms with Crippen molar-refractivity contribution < 1.29 is 9.53 Å². The fourth-order valence-corrected chi connectivity index (χ4v) is 5.25. The van der Waals surface area contributed by atoms with Gasteiger partial charge in [0, 0.05) is 49.3 Å². The molecule has 2 fully saturated rings. The van der Waals surface area contributed by atoms with E-state index in [4.69, 9.17) is 4.74 Å². The van der Waals surface area contributed by atoms with Crippen LogP contribution in [0.5, 0.6) is 5.75 Å². The highest BCUT2D eigenvalue weighted by molar-refractivity contribution is 5.95. The number of amides is 1. The van der Waals surface area contributed by atoms with Crippen LogP contribution in [0.15, 0.2) is 48.1 Å². The summed E-state index contributed by atoms with van der Waals surface area (Å²) in [6, 6.07) is 8.49. The van der Waals surface area contributed by atoms with Gasteiger partial charge in [-0.15, -0.1) is 0 Å². The van der Waals surface area contributed by atoms with E-state index in [1.807, 2.05) is 18.2 Å². The third kappa shape index (κ3) is 5.68. The first-order chi connectivity index (χ1) is 15.9. The summed E-state index contributed by atoms with van der Waals surface area (Å²) in [4.78, 5) is 15.2. The van der Waals surface area contributed by atoms with E-state index in [1.165, 1.54) is 18.4 Å². The molecule has 2 heterocycles. The van der Waals surface area contributed by atoms with Crippen molar-refractivity contribution in [2.75, 3.05) is 39.3 Å². The normalized spacial score (nSPS) is 24.3. The van der Waals surface area contributed by atoms with Gasteiger partial charge in [-0.25, -0.2) is 0 Å². The van der Waals surface area contributed by atoms with Gasteiger partial charge in [0.2, 0.25) is 5.91 Å². The van der Waals surface area contributed by atoms with Gasteiger partial charge in [-0.3, -0.25) is 9.69 Å². The molecule has 1 amide bonds. The van der Waals surface area contributed by atoms with Crippen LogP contribution in [0, 0.1) is 5.41 Å². The van der Waals surface area contributed by atoms with Crippen LogP contribution in [-0.2, 0) is 11.3 Å². The number of ether oxygens (including phenoxy) is 1. The van der Waals surface area contributed by atoms with Crippen molar-refractivity contribution in [2.45, 2.75) is 58.2 Å². The molecule has 1 atom stereocenters. The van der Waals surface area contributed by atoms with Crippen molar-refractivity contribution in [1.82, 2.24) is 20.9 Å². The second-order valence-electron chi connectivity index (χ2n) is 10.3. The number of hydrogen-bond acceptors (Lipinski definition) is 5. The Morgan fingerprint density at radius 3 is 2.67 bits per heavy atom. The van der Waals surface area contributed by atoms with Crippen LogP contribution >= 0.6 is 0 Å². The minimum Gasteiger partial charge on any atom is -0.485 e. The van der Waals surface area contributed by atoms with Crippen LogP contribution < -0.4 is 20.7 Å². The minimum absolute atomic E-state index is 0.00214. The molecule has 0 bridgehead atoms. The Kier molecular flexibility index (Phi) is 7.57. The molecule has 1 aromatic rings. The zero-order valence-electron chi connectivity index (χ0n) is 20.5. The van der Waals surface area contributed by atoms with Crippen LogP contribution in [0.1, 0.15) is 45.6 Å². The molecule has 180 valence electrons. The van der Waals surface area contributed by atoms with Gasteiger partial charge in [-0.05, 0) is 56.1 Å². The van der Waals surface area contributed by atoms with E-state index in [2.05, 4.69) is 65.9 Å². The summed E-state index contributed by atoms with van der Waals surface area (Å²) in [5, 5.41) is 10.3. The van der Waals surface area contributed by atoms with E-state index in [0.29, 0.717) is 6.54 Å². The van der Waals surface area contributed by atoms with Crippen molar-refractivity contribution in [1.29, 1.82) is 0 Å². The maximum absolute atomic E-state index is 12.6. The number of carbonyl (C=O) groups excluding carboxylic acids is 1. The summed E-state index contributed by atoms with van der Waals surface area (Å²) in [7, 11) is 0. The van der Waals surface area contributed by atoms with Gasteiger partial charge in [0.1, 0.15) is 11.9 Å². The van der Waals surface area contributed by atoms with Gasteiger partial charge < -0.3 is 20.7 Å². The van der Waals surface area contributed by atoms with Gasteiger partial charge in [0.25, 0.3) is 0 Å². The van der Waals surface area contributed by atoms with Gasteiger partial charge in [0.05, 0.1) is 0 Å². The van der Waals surface area contributed by atoms with Crippen LogP contribution in [0.4, 0.5) is 0 Å². The average Bonchev–Trinajstić information content (AvgIpc) is 2.80. The standard InChI is InChI=1S/C27H40N4O2/c1-4-14-29-25(32)23-6-5-7-24(26(23,2)3)33-22-10-8-21(9-11-22)19-31-18-17-30-27(20-31)12-15-28-16-13-27/h5-11,24,28,30H,4,12-20H2,1-3H3,(H,29,32). The lowest BCUT2D eigenvalue weighted by atomic mass is 9.75. The Bertz CT molecular complexity index is 863. The second kappa shape index (κ2) is 10.4. The van der Waals surface area contributed by atoms with Crippen molar-refractivity contribution in [3.8, 4) is 5.75 Å². The topological polar surface area (TPSA) is 65.6 Å². The van der Waals surface area contributed by atoms with E-state index >= 15 is 0 Å². The number of piperazine rings is 1. The van der Waals surface area contributed by atoms with Crippen molar-refractivity contribution in [3.63, 3.8) is 0 Å². The quantitative estimate of drug-likeness (QED) is 0.594. The number of rotatable bonds is 7. The fraction of sp³-hybridized carbons (Fsp3) is 0.593. The number of benzene rings is 1. The summed E-state index contributed by atoms with van der Waals surface area (Å²) in [5.41, 5.74) is 1.95. The predicted molar refractivity (Wildman–Crippen MR) is 133 cm³/mol. The zero-order valence-corrected chi connectivity index (χ0v) is 20.5. The second-order valence-corrected chi connectivity index (χ2v) is 10.3. The third-order valence-electron chi connectivity index (χ3n) is 7.34. The molecule has 3 aliphatic rings. The Balaban J connectivity index is 1.35. The predicted octanol–water partition coefficient (Wildman–Crippen LogP) is 3.01. The van der Waals surface area contributed by atoms with Gasteiger partial charge in [-0.2, -0.15) is 0 Å². The molecule has 2 aliphatic heterocycles. The maximum Gasteiger partial charge on any atom is 0.247 e. The minimum atomic E-state index is -0.408. The van der Waals surface area contributed by atoms with Gasteiger partial charge in [-0.1, -0.05) is 45.1 Å². The molecule has 4 rings (SSSR count). The molecule has 1 aromatic carbocycles. The lowest BCUT2D eigenvalue weighted by Gasteiger charge is -2.46. The smallest absolute Gasteiger partial charge is 0.247 e. The Morgan fingerprint density at radius 1 is 1.18 bits per heavy atom. The van der Waals surface area contributed by atoms with Crippen LogP contribution in [0.25, 0.3) is 0 Å². The molecule has 2 saturated heterocycles. The van der Waals surface area contributed by atoms with Crippen molar-refractivity contribution in [2.24, 2.45) is 5.41 Å². The highest BCUT2D eigenvalue weighted by Crippen LogP contribution is 2.37. The third-order valence-corrected chi connectivity index (χ3v) is 7.34. The van der Waals surface area contributed by atoms with E-state index in [-0.39, 0.29) is 17.6 Å². The highest BCUT2D eigenvalue weighted by Gasteiger charge is 2.39. The summed E-state index contributed by atoms with van der Waals surface area (Å²) in [6.45, 7) is 13.3. The number of piperidine rings is 1. The molecule has 0 saturated carbocycles.